The fourth-order valence-electron chi connectivity index (χ4n) is 1.52. The summed E-state index contributed by atoms with van der Waals surface area (Å²) in [6, 6.07) is 0. The van der Waals surface area contributed by atoms with Crippen LogP contribution in [0, 0.1) is 5.92 Å². The first-order valence-corrected chi connectivity index (χ1v) is 4.36. The number of carbonyl (C=O) groups is 1. The first-order valence-electron chi connectivity index (χ1n) is 4.36. The molecule has 1 aliphatic rings. The molecule has 0 unspecified atom stereocenters. The molecule has 1 saturated heterocycles. The van der Waals surface area contributed by atoms with Crippen LogP contribution >= 0.6 is 0 Å². The zero-order valence-corrected chi connectivity index (χ0v) is 7.20. The van der Waals surface area contributed by atoms with E-state index in [1.54, 1.807) is 4.90 Å². The molecule has 4 nitrogen and oxygen atoms in total. The Morgan fingerprint density at radius 3 is 2.50 bits per heavy atom. The van der Waals surface area contributed by atoms with Gasteiger partial charge in [-0.2, -0.15) is 0 Å². The van der Waals surface area contributed by atoms with Crippen molar-refractivity contribution in [2.75, 3.05) is 26.2 Å². The molecule has 1 fully saturated rings. The third kappa shape index (κ3) is 2.19. The fourth-order valence-corrected chi connectivity index (χ4v) is 1.52. The standard InChI is InChI=1S/C8H16N2O2/c9-5-7-1-3-10(4-2-7)8(12)6-11/h7,11H,1-6,9H2. The molecule has 0 aromatic heterocycles. The van der Waals surface area contributed by atoms with Crippen molar-refractivity contribution in [1.82, 2.24) is 4.90 Å². The predicted octanol–water partition coefficient (Wildman–Crippen LogP) is -0.824. The van der Waals surface area contributed by atoms with Gasteiger partial charge in [0.05, 0.1) is 0 Å². The van der Waals surface area contributed by atoms with E-state index < -0.39 is 0 Å². The highest BCUT2D eigenvalue weighted by atomic mass is 16.3. The number of nitrogens with two attached hydrogens (primary N) is 1. The maximum atomic E-state index is 11.0. The van der Waals surface area contributed by atoms with Gasteiger partial charge in [-0.15, -0.1) is 0 Å². The lowest BCUT2D eigenvalue weighted by atomic mass is 9.97. The molecule has 1 rings (SSSR count). The van der Waals surface area contributed by atoms with Gasteiger partial charge in [-0.1, -0.05) is 0 Å². The highest BCUT2D eigenvalue weighted by Crippen LogP contribution is 2.15. The monoisotopic (exact) mass is 172 g/mol. The lowest BCUT2D eigenvalue weighted by Gasteiger charge is -2.30. The Morgan fingerprint density at radius 1 is 1.50 bits per heavy atom. The van der Waals surface area contributed by atoms with E-state index in [0.29, 0.717) is 12.5 Å². The number of aliphatic hydroxyl groups excluding tert-OH is 1. The zero-order valence-electron chi connectivity index (χ0n) is 7.20. The SMILES string of the molecule is NCC1CCN(C(=O)CO)CC1. The molecule has 1 aliphatic heterocycles. The molecule has 70 valence electrons. The van der Waals surface area contributed by atoms with Gasteiger partial charge >= 0.3 is 0 Å². The van der Waals surface area contributed by atoms with Crippen LogP contribution in [0.1, 0.15) is 12.8 Å². The Balaban J connectivity index is 2.30. The Bertz CT molecular complexity index is 153. The third-order valence-electron chi connectivity index (χ3n) is 2.44. The Morgan fingerprint density at radius 2 is 2.08 bits per heavy atom. The van der Waals surface area contributed by atoms with Gasteiger partial charge in [0.2, 0.25) is 5.91 Å². The number of amides is 1. The normalized spacial score (nSPS) is 19.7. The van der Waals surface area contributed by atoms with Crippen LogP contribution in [-0.4, -0.2) is 42.2 Å². The summed E-state index contributed by atoms with van der Waals surface area (Å²) in [7, 11) is 0. The van der Waals surface area contributed by atoms with Crippen LogP contribution in [0.25, 0.3) is 0 Å². The van der Waals surface area contributed by atoms with Crippen molar-refractivity contribution >= 4 is 5.91 Å². The first-order chi connectivity index (χ1) is 5.77. The number of aliphatic hydroxyl groups is 1. The maximum absolute atomic E-state index is 11.0. The van der Waals surface area contributed by atoms with Gasteiger partial charge < -0.3 is 15.7 Å². The molecule has 0 radical (unpaired) electrons. The average Bonchev–Trinajstić information content (AvgIpc) is 2.17. The van der Waals surface area contributed by atoms with Gasteiger partial charge in [-0.05, 0) is 25.3 Å². The summed E-state index contributed by atoms with van der Waals surface area (Å²) < 4.78 is 0. The zero-order chi connectivity index (χ0) is 8.97. The molecular weight excluding hydrogens is 156 g/mol. The topological polar surface area (TPSA) is 66.6 Å². The second kappa shape index (κ2) is 4.42. The molecular formula is C8H16N2O2. The Labute approximate surface area is 72.3 Å². The molecule has 0 aliphatic carbocycles. The molecule has 0 bridgehead atoms. The molecule has 12 heavy (non-hydrogen) atoms. The van der Waals surface area contributed by atoms with E-state index >= 15 is 0 Å². The van der Waals surface area contributed by atoms with Crippen molar-refractivity contribution in [2.24, 2.45) is 11.7 Å². The second-order valence-electron chi connectivity index (χ2n) is 3.22. The Kier molecular flexibility index (Phi) is 3.49. The van der Waals surface area contributed by atoms with Crippen molar-refractivity contribution in [1.29, 1.82) is 0 Å². The van der Waals surface area contributed by atoms with Crippen molar-refractivity contribution in [3.8, 4) is 0 Å². The smallest absolute Gasteiger partial charge is 0.248 e. The molecule has 0 spiro atoms. The molecule has 3 N–H and O–H groups in total. The number of rotatable bonds is 2. The van der Waals surface area contributed by atoms with E-state index in [2.05, 4.69) is 0 Å². The minimum absolute atomic E-state index is 0.162. The summed E-state index contributed by atoms with van der Waals surface area (Å²) in [6.45, 7) is 1.84. The summed E-state index contributed by atoms with van der Waals surface area (Å²) in [6.07, 6.45) is 1.95. The largest absolute Gasteiger partial charge is 0.387 e. The van der Waals surface area contributed by atoms with Crippen molar-refractivity contribution in [3.05, 3.63) is 0 Å². The maximum Gasteiger partial charge on any atom is 0.248 e. The van der Waals surface area contributed by atoms with Gasteiger partial charge in [0, 0.05) is 13.1 Å². The van der Waals surface area contributed by atoms with E-state index in [1.807, 2.05) is 0 Å². The lowest BCUT2D eigenvalue weighted by Crippen LogP contribution is -2.41. The summed E-state index contributed by atoms with van der Waals surface area (Å²) >= 11 is 0. The number of piperidine rings is 1. The van der Waals surface area contributed by atoms with E-state index in [9.17, 15) is 4.79 Å². The lowest BCUT2D eigenvalue weighted by molar-refractivity contribution is -0.135. The van der Waals surface area contributed by atoms with Crippen LogP contribution in [0.3, 0.4) is 0 Å². The Hall–Kier alpha value is -0.610. The predicted molar refractivity (Wildman–Crippen MR) is 45.4 cm³/mol. The van der Waals surface area contributed by atoms with Crippen LogP contribution in [-0.2, 0) is 4.79 Å². The van der Waals surface area contributed by atoms with Crippen LogP contribution < -0.4 is 5.73 Å². The molecule has 4 heteroatoms. The number of carbonyl (C=O) groups excluding carboxylic acids is 1. The minimum Gasteiger partial charge on any atom is -0.387 e. The van der Waals surface area contributed by atoms with E-state index in [1.165, 1.54) is 0 Å². The molecule has 1 amide bonds. The van der Waals surface area contributed by atoms with Crippen LogP contribution in [0.4, 0.5) is 0 Å². The van der Waals surface area contributed by atoms with E-state index in [-0.39, 0.29) is 12.5 Å². The van der Waals surface area contributed by atoms with Crippen LogP contribution in [0.5, 0.6) is 0 Å². The summed E-state index contributed by atoms with van der Waals surface area (Å²) in [5, 5.41) is 8.59. The quantitative estimate of drug-likeness (QED) is 0.571. The molecule has 0 aromatic carbocycles. The van der Waals surface area contributed by atoms with Crippen LogP contribution in [0.15, 0.2) is 0 Å². The van der Waals surface area contributed by atoms with Gasteiger partial charge in [0.25, 0.3) is 0 Å². The molecule has 0 atom stereocenters. The third-order valence-corrected chi connectivity index (χ3v) is 2.44. The van der Waals surface area contributed by atoms with Gasteiger partial charge in [0.15, 0.2) is 0 Å². The van der Waals surface area contributed by atoms with Crippen molar-refractivity contribution in [2.45, 2.75) is 12.8 Å². The summed E-state index contributed by atoms with van der Waals surface area (Å²) in [5.41, 5.74) is 5.50. The molecule has 0 saturated carbocycles. The molecule has 0 aromatic rings. The van der Waals surface area contributed by atoms with Crippen molar-refractivity contribution in [3.63, 3.8) is 0 Å². The fraction of sp³-hybridized carbons (Fsp3) is 0.875. The summed E-state index contributed by atoms with van der Waals surface area (Å²) in [4.78, 5) is 12.7. The number of hydrogen-bond acceptors (Lipinski definition) is 3. The van der Waals surface area contributed by atoms with Crippen molar-refractivity contribution < 1.29 is 9.90 Å². The first kappa shape index (κ1) is 9.48. The van der Waals surface area contributed by atoms with Gasteiger partial charge in [0.1, 0.15) is 6.61 Å². The second-order valence-corrected chi connectivity index (χ2v) is 3.22. The van der Waals surface area contributed by atoms with Crippen LogP contribution in [0.2, 0.25) is 0 Å². The van der Waals surface area contributed by atoms with Gasteiger partial charge in [-0.25, -0.2) is 0 Å². The van der Waals surface area contributed by atoms with E-state index in [0.717, 1.165) is 25.9 Å². The average molecular weight is 172 g/mol. The number of nitrogens with zero attached hydrogens (tertiary/aromatic N) is 1. The molecule has 1 heterocycles. The minimum atomic E-state index is -0.368. The van der Waals surface area contributed by atoms with Gasteiger partial charge in [-0.3, -0.25) is 4.79 Å². The highest BCUT2D eigenvalue weighted by molar-refractivity contribution is 5.77. The highest BCUT2D eigenvalue weighted by Gasteiger charge is 2.20. The number of hydrogen-bond donors (Lipinski definition) is 2. The van der Waals surface area contributed by atoms with E-state index in [4.69, 9.17) is 10.8 Å². The summed E-state index contributed by atoms with van der Waals surface area (Å²) in [5.74, 6) is 0.401. The number of likely N-dealkylation sites (tertiary alicyclic amines) is 1.